The molecule has 20 heavy (non-hydrogen) atoms. The molecule has 0 unspecified atom stereocenters. The number of hydrogen-bond acceptors (Lipinski definition) is 3. The summed E-state index contributed by atoms with van der Waals surface area (Å²) in [5.74, 6) is 0. The van der Waals surface area contributed by atoms with E-state index in [2.05, 4.69) is 20.9 Å². The van der Waals surface area contributed by atoms with Crippen LogP contribution in [0.25, 0.3) is 0 Å². The molecule has 3 N–H and O–H groups in total. The second kappa shape index (κ2) is 6.09. The first-order valence-corrected chi connectivity index (χ1v) is 8.25. The molecule has 0 fully saturated rings. The van der Waals surface area contributed by atoms with Gasteiger partial charge in [0.05, 0.1) is 4.90 Å². The topological polar surface area (TPSA) is 79.2 Å². The van der Waals surface area contributed by atoms with Gasteiger partial charge in [-0.3, -0.25) is 0 Å². The first-order valence-electron chi connectivity index (χ1n) is 6.01. The van der Waals surface area contributed by atoms with Crippen molar-refractivity contribution in [3.05, 3.63) is 52.3 Å². The van der Waals surface area contributed by atoms with Crippen LogP contribution in [-0.4, -0.2) is 24.8 Å². The monoisotopic (exact) mass is 357 g/mol. The smallest absolute Gasteiger partial charge is 0.244 e. The van der Waals surface area contributed by atoms with E-state index in [0.717, 1.165) is 10.0 Å². The van der Waals surface area contributed by atoms with Crippen molar-refractivity contribution in [1.29, 1.82) is 0 Å². The maximum atomic E-state index is 12.4. The van der Waals surface area contributed by atoms with Crippen molar-refractivity contribution >= 4 is 26.0 Å². The van der Waals surface area contributed by atoms with E-state index in [4.69, 9.17) is 5.73 Å². The number of halogens is 1. The number of nitrogens with two attached hydrogens (primary N) is 1. The molecule has 0 aliphatic carbocycles. The summed E-state index contributed by atoms with van der Waals surface area (Å²) in [5, 5.41) is 0. The van der Waals surface area contributed by atoms with Crippen LogP contribution in [0.3, 0.4) is 0 Å². The minimum absolute atomic E-state index is 0.232. The lowest BCUT2D eigenvalue weighted by atomic mass is 10.2. The quantitative estimate of drug-likeness (QED) is 0.859. The molecular weight excluding hydrogens is 342 g/mol. The highest BCUT2D eigenvalue weighted by atomic mass is 79.9. The van der Waals surface area contributed by atoms with Crippen LogP contribution in [0.1, 0.15) is 11.3 Å². The molecule has 108 valence electrons. The van der Waals surface area contributed by atoms with E-state index < -0.39 is 10.0 Å². The van der Waals surface area contributed by atoms with Gasteiger partial charge in [-0.1, -0.05) is 28.1 Å². The fourth-order valence-corrected chi connectivity index (χ4v) is 3.47. The predicted molar refractivity (Wildman–Crippen MR) is 81.5 cm³/mol. The number of benzene rings is 1. The zero-order chi connectivity index (χ0) is 14.8. The van der Waals surface area contributed by atoms with Crippen molar-refractivity contribution in [3.63, 3.8) is 0 Å². The van der Waals surface area contributed by atoms with Gasteiger partial charge in [0.25, 0.3) is 0 Å². The third-order valence-corrected chi connectivity index (χ3v) is 5.21. The van der Waals surface area contributed by atoms with Crippen LogP contribution in [0.15, 0.2) is 45.9 Å². The predicted octanol–water partition coefficient (Wildman–Crippen LogP) is 2.06. The van der Waals surface area contributed by atoms with E-state index in [0.29, 0.717) is 12.2 Å². The number of nitrogens with zero attached hydrogens (tertiary/aromatic N) is 1. The van der Waals surface area contributed by atoms with Crippen LogP contribution in [-0.2, 0) is 23.1 Å². The molecule has 0 radical (unpaired) electrons. The molecule has 2 aromatic rings. The fraction of sp³-hybridized carbons (Fsp3) is 0.231. The lowest BCUT2D eigenvalue weighted by Crippen LogP contribution is -2.26. The molecule has 0 saturated heterocycles. The summed E-state index contributed by atoms with van der Waals surface area (Å²) in [6, 6.07) is 9.13. The van der Waals surface area contributed by atoms with Gasteiger partial charge >= 0.3 is 0 Å². The van der Waals surface area contributed by atoms with Gasteiger partial charge in [-0.25, -0.2) is 8.42 Å². The molecule has 7 heteroatoms. The molecule has 0 atom stereocenters. The standard InChI is InChI=1S/C13H16BrN3O2S/c1-17(9-10-3-2-4-11(14)5-10)20(18,19)13-6-12(7-15)16-8-13/h2-6,8,16H,7,9,15H2,1H3. The number of H-pyrrole nitrogens is 1. The molecule has 1 aromatic heterocycles. The average Bonchev–Trinajstić information content (AvgIpc) is 2.88. The number of nitrogens with one attached hydrogen (secondary N) is 1. The van der Waals surface area contributed by atoms with E-state index in [1.165, 1.54) is 10.5 Å². The maximum absolute atomic E-state index is 12.4. The molecule has 0 aliphatic rings. The summed E-state index contributed by atoms with van der Waals surface area (Å²) in [5.41, 5.74) is 7.09. The van der Waals surface area contributed by atoms with Crippen molar-refractivity contribution in [2.75, 3.05) is 7.05 Å². The highest BCUT2D eigenvalue weighted by Gasteiger charge is 2.22. The van der Waals surface area contributed by atoms with Gasteiger partial charge in [-0.2, -0.15) is 4.31 Å². The van der Waals surface area contributed by atoms with Crippen LogP contribution in [0.4, 0.5) is 0 Å². The minimum atomic E-state index is -3.51. The van der Waals surface area contributed by atoms with Crippen molar-refractivity contribution in [2.24, 2.45) is 5.73 Å². The summed E-state index contributed by atoms with van der Waals surface area (Å²) in [6.07, 6.45) is 1.47. The Hall–Kier alpha value is -1.15. The van der Waals surface area contributed by atoms with E-state index in [-0.39, 0.29) is 11.4 Å². The highest BCUT2D eigenvalue weighted by molar-refractivity contribution is 9.10. The maximum Gasteiger partial charge on any atom is 0.244 e. The van der Waals surface area contributed by atoms with Gasteiger partial charge in [0, 0.05) is 36.5 Å². The lowest BCUT2D eigenvalue weighted by molar-refractivity contribution is 0.467. The van der Waals surface area contributed by atoms with Gasteiger partial charge < -0.3 is 10.7 Å². The van der Waals surface area contributed by atoms with Gasteiger partial charge in [0.2, 0.25) is 10.0 Å². The van der Waals surface area contributed by atoms with E-state index in [9.17, 15) is 8.42 Å². The molecule has 1 heterocycles. The molecule has 0 amide bonds. The Labute approximate surface area is 127 Å². The fourth-order valence-electron chi connectivity index (χ4n) is 1.84. The number of hydrogen-bond donors (Lipinski definition) is 2. The van der Waals surface area contributed by atoms with Gasteiger partial charge in [-0.15, -0.1) is 0 Å². The Morgan fingerprint density at radius 1 is 1.35 bits per heavy atom. The first kappa shape index (κ1) is 15.2. The number of sulfonamides is 1. The Morgan fingerprint density at radius 2 is 2.10 bits per heavy atom. The summed E-state index contributed by atoms with van der Waals surface area (Å²) in [6.45, 7) is 0.593. The van der Waals surface area contributed by atoms with Crippen LogP contribution < -0.4 is 5.73 Å². The van der Waals surface area contributed by atoms with Crippen molar-refractivity contribution in [1.82, 2.24) is 9.29 Å². The zero-order valence-electron chi connectivity index (χ0n) is 11.0. The molecular formula is C13H16BrN3O2S. The molecule has 0 spiro atoms. The average molecular weight is 358 g/mol. The Balaban J connectivity index is 2.21. The second-order valence-electron chi connectivity index (χ2n) is 4.46. The first-order chi connectivity index (χ1) is 9.43. The molecule has 2 rings (SSSR count). The molecule has 1 aromatic carbocycles. The minimum Gasteiger partial charge on any atom is -0.363 e. The van der Waals surface area contributed by atoms with E-state index in [1.807, 2.05) is 24.3 Å². The Bertz CT molecular complexity index is 697. The van der Waals surface area contributed by atoms with Crippen LogP contribution in [0.5, 0.6) is 0 Å². The second-order valence-corrected chi connectivity index (χ2v) is 7.42. The normalized spacial score (nSPS) is 12.0. The van der Waals surface area contributed by atoms with Gasteiger partial charge in [0.15, 0.2) is 0 Å². The number of aromatic amines is 1. The SMILES string of the molecule is CN(Cc1cccc(Br)c1)S(=O)(=O)c1c[nH]c(CN)c1. The third kappa shape index (κ3) is 3.29. The van der Waals surface area contributed by atoms with Crippen molar-refractivity contribution in [2.45, 2.75) is 18.0 Å². The summed E-state index contributed by atoms with van der Waals surface area (Å²) < 4.78 is 27.0. The number of rotatable bonds is 5. The van der Waals surface area contributed by atoms with E-state index in [1.54, 1.807) is 13.1 Å². The summed E-state index contributed by atoms with van der Waals surface area (Å²) >= 11 is 3.37. The number of aromatic nitrogens is 1. The molecule has 5 nitrogen and oxygen atoms in total. The van der Waals surface area contributed by atoms with Gasteiger partial charge in [-0.05, 0) is 23.8 Å². The van der Waals surface area contributed by atoms with Gasteiger partial charge in [0.1, 0.15) is 0 Å². The van der Waals surface area contributed by atoms with Crippen molar-refractivity contribution in [3.8, 4) is 0 Å². The highest BCUT2D eigenvalue weighted by Crippen LogP contribution is 2.19. The largest absolute Gasteiger partial charge is 0.363 e. The van der Waals surface area contributed by atoms with Crippen LogP contribution in [0, 0.1) is 0 Å². The van der Waals surface area contributed by atoms with E-state index >= 15 is 0 Å². The van der Waals surface area contributed by atoms with Crippen molar-refractivity contribution < 1.29 is 8.42 Å². The van der Waals surface area contributed by atoms with Crippen LogP contribution in [0.2, 0.25) is 0 Å². The summed E-state index contributed by atoms with van der Waals surface area (Å²) in [4.78, 5) is 3.08. The molecule has 0 saturated carbocycles. The molecule has 0 bridgehead atoms. The lowest BCUT2D eigenvalue weighted by Gasteiger charge is -2.16. The van der Waals surface area contributed by atoms with Crippen LogP contribution >= 0.6 is 15.9 Å². The molecule has 0 aliphatic heterocycles. The Morgan fingerprint density at radius 3 is 2.70 bits per heavy atom. The third-order valence-electron chi connectivity index (χ3n) is 2.94. The zero-order valence-corrected chi connectivity index (χ0v) is 13.4. The Kier molecular flexibility index (Phi) is 4.64. The summed E-state index contributed by atoms with van der Waals surface area (Å²) in [7, 11) is -1.95.